The fraction of sp³-hybridized carbons (Fsp3) is 0.235. The highest BCUT2D eigenvalue weighted by Gasteiger charge is 2.28. The summed E-state index contributed by atoms with van der Waals surface area (Å²) >= 11 is 2.99. The van der Waals surface area contributed by atoms with Crippen molar-refractivity contribution in [2.24, 2.45) is 0 Å². The fourth-order valence-electron chi connectivity index (χ4n) is 2.77. The normalized spacial score (nSPS) is 14.0. The molecule has 1 fully saturated rings. The van der Waals surface area contributed by atoms with Crippen LogP contribution in [-0.4, -0.2) is 26.2 Å². The van der Waals surface area contributed by atoms with Gasteiger partial charge in [-0.25, -0.2) is 4.98 Å². The molecule has 9 heteroatoms. The lowest BCUT2D eigenvalue weighted by Crippen LogP contribution is -2.13. The van der Waals surface area contributed by atoms with E-state index in [4.69, 9.17) is 4.52 Å². The lowest BCUT2D eigenvalue weighted by atomic mass is 10.1. The molecular formula is C17H13N5O2S2. The van der Waals surface area contributed by atoms with Gasteiger partial charge in [-0.2, -0.15) is 0 Å². The van der Waals surface area contributed by atoms with E-state index in [0.717, 1.165) is 22.7 Å². The summed E-state index contributed by atoms with van der Waals surface area (Å²) in [4.78, 5) is 18.4. The van der Waals surface area contributed by atoms with Crippen molar-refractivity contribution in [3.05, 3.63) is 39.8 Å². The predicted octanol–water partition coefficient (Wildman–Crippen LogP) is 4.24. The Labute approximate surface area is 156 Å². The Kier molecular flexibility index (Phi) is 3.57. The summed E-state index contributed by atoms with van der Waals surface area (Å²) in [5.74, 6) is 0.247. The van der Waals surface area contributed by atoms with E-state index in [1.165, 1.54) is 11.3 Å². The number of hydrogen-bond acceptors (Lipinski definition) is 8. The number of amides is 1. The highest BCUT2D eigenvalue weighted by Crippen LogP contribution is 2.42. The molecule has 4 aromatic rings. The molecule has 1 aliphatic rings. The minimum absolute atomic E-state index is 0.264. The first-order valence-corrected chi connectivity index (χ1v) is 9.84. The number of pyridine rings is 1. The highest BCUT2D eigenvalue weighted by molar-refractivity contribution is 7.15. The summed E-state index contributed by atoms with van der Waals surface area (Å²) in [7, 11) is 0. The summed E-state index contributed by atoms with van der Waals surface area (Å²) in [5, 5.41) is 19.2. The van der Waals surface area contributed by atoms with Crippen LogP contribution in [0.3, 0.4) is 0 Å². The summed E-state index contributed by atoms with van der Waals surface area (Å²) in [5.41, 5.74) is 2.14. The van der Waals surface area contributed by atoms with E-state index in [0.29, 0.717) is 39.1 Å². The number of anilines is 1. The number of carbonyl (C=O) groups excluding carboxylic acids is 1. The maximum Gasteiger partial charge on any atom is 0.259 e. The predicted molar refractivity (Wildman–Crippen MR) is 99.7 cm³/mol. The molecule has 0 bridgehead atoms. The Hall–Kier alpha value is -2.65. The average Bonchev–Trinajstić information content (AvgIpc) is 3.03. The highest BCUT2D eigenvalue weighted by atomic mass is 32.1. The van der Waals surface area contributed by atoms with Crippen molar-refractivity contribution in [2.75, 3.05) is 5.32 Å². The lowest BCUT2D eigenvalue weighted by Gasteiger charge is -2.05. The van der Waals surface area contributed by atoms with Crippen LogP contribution in [0, 0.1) is 6.92 Å². The molecular weight excluding hydrogens is 370 g/mol. The van der Waals surface area contributed by atoms with Crippen LogP contribution in [0.4, 0.5) is 5.13 Å². The summed E-state index contributed by atoms with van der Waals surface area (Å²) in [6, 6.07) is 5.67. The Balaban J connectivity index is 1.55. The van der Waals surface area contributed by atoms with Crippen molar-refractivity contribution in [3.8, 4) is 10.6 Å². The molecule has 5 rings (SSSR count). The van der Waals surface area contributed by atoms with Gasteiger partial charge in [0.15, 0.2) is 0 Å². The number of nitrogens with zero attached hydrogens (tertiary/aromatic N) is 4. The van der Waals surface area contributed by atoms with Crippen LogP contribution in [0.1, 0.15) is 39.8 Å². The molecule has 7 nitrogen and oxygen atoms in total. The topological polar surface area (TPSA) is 93.8 Å². The molecule has 1 N–H and O–H groups in total. The van der Waals surface area contributed by atoms with E-state index < -0.39 is 0 Å². The van der Waals surface area contributed by atoms with Crippen LogP contribution in [-0.2, 0) is 0 Å². The quantitative estimate of drug-likeness (QED) is 0.566. The third-order valence-corrected chi connectivity index (χ3v) is 6.12. The fourth-order valence-corrected chi connectivity index (χ4v) is 4.36. The monoisotopic (exact) mass is 383 g/mol. The standard InChI is InChI=1S/C17H13N5O2S2/c1-8-13-10(14(23)19-17-21-20-16(26-17)9-4-5-9)7-11(12-3-2-6-25-12)18-15(13)24-22-8/h2-3,6-7,9H,4-5H2,1H3,(H,19,21,23). The van der Waals surface area contributed by atoms with E-state index in [2.05, 4.69) is 25.7 Å². The van der Waals surface area contributed by atoms with Gasteiger partial charge in [0.1, 0.15) is 5.01 Å². The zero-order valence-corrected chi connectivity index (χ0v) is 15.4. The molecule has 0 aromatic carbocycles. The van der Waals surface area contributed by atoms with Gasteiger partial charge in [-0.1, -0.05) is 22.6 Å². The molecule has 0 radical (unpaired) electrons. The minimum Gasteiger partial charge on any atom is -0.335 e. The molecule has 0 atom stereocenters. The number of rotatable bonds is 4. The van der Waals surface area contributed by atoms with Crippen molar-refractivity contribution < 1.29 is 9.32 Å². The number of hydrogen-bond donors (Lipinski definition) is 1. The number of carbonyl (C=O) groups is 1. The molecule has 1 amide bonds. The van der Waals surface area contributed by atoms with Gasteiger partial charge in [-0.05, 0) is 37.3 Å². The van der Waals surface area contributed by atoms with E-state index in [-0.39, 0.29) is 5.91 Å². The van der Waals surface area contributed by atoms with Gasteiger partial charge in [0.2, 0.25) is 5.13 Å². The zero-order valence-electron chi connectivity index (χ0n) is 13.7. The Morgan fingerprint density at radius 3 is 3.00 bits per heavy atom. The third-order valence-electron chi connectivity index (χ3n) is 4.22. The second-order valence-electron chi connectivity index (χ2n) is 6.15. The van der Waals surface area contributed by atoms with Gasteiger partial charge in [0.25, 0.3) is 11.6 Å². The van der Waals surface area contributed by atoms with Crippen molar-refractivity contribution in [1.82, 2.24) is 20.3 Å². The van der Waals surface area contributed by atoms with Gasteiger partial charge >= 0.3 is 0 Å². The van der Waals surface area contributed by atoms with Crippen LogP contribution in [0.15, 0.2) is 28.1 Å². The van der Waals surface area contributed by atoms with E-state index in [1.807, 2.05) is 17.5 Å². The number of nitrogens with one attached hydrogen (secondary N) is 1. The molecule has 1 aliphatic carbocycles. The molecule has 130 valence electrons. The molecule has 0 spiro atoms. The van der Waals surface area contributed by atoms with Gasteiger partial charge in [0, 0.05) is 5.92 Å². The second kappa shape index (κ2) is 5.96. The van der Waals surface area contributed by atoms with Crippen molar-refractivity contribution in [2.45, 2.75) is 25.7 Å². The molecule has 26 heavy (non-hydrogen) atoms. The molecule has 1 saturated carbocycles. The first-order valence-electron chi connectivity index (χ1n) is 8.14. The first-order chi connectivity index (χ1) is 12.7. The number of aromatic nitrogens is 4. The molecule has 0 saturated heterocycles. The van der Waals surface area contributed by atoms with E-state index >= 15 is 0 Å². The first kappa shape index (κ1) is 15.6. The van der Waals surface area contributed by atoms with Gasteiger partial charge in [-0.3, -0.25) is 10.1 Å². The Bertz CT molecular complexity index is 1110. The van der Waals surface area contributed by atoms with Crippen molar-refractivity contribution in [3.63, 3.8) is 0 Å². The van der Waals surface area contributed by atoms with Crippen molar-refractivity contribution in [1.29, 1.82) is 0 Å². The number of aryl methyl sites for hydroxylation is 1. The second-order valence-corrected chi connectivity index (χ2v) is 8.11. The van der Waals surface area contributed by atoms with E-state index in [1.54, 1.807) is 24.3 Å². The van der Waals surface area contributed by atoms with Gasteiger partial charge in [-0.15, -0.1) is 21.5 Å². The van der Waals surface area contributed by atoms with Gasteiger partial charge in [0.05, 0.1) is 27.2 Å². The number of fused-ring (bicyclic) bond motifs is 1. The third kappa shape index (κ3) is 2.69. The van der Waals surface area contributed by atoms with Crippen LogP contribution in [0.2, 0.25) is 0 Å². The van der Waals surface area contributed by atoms with Gasteiger partial charge < -0.3 is 4.52 Å². The van der Waals surface area contributed by atoms with Crippen LogP contribution >= 0.6 is 22.7 Å². The lowest BCUT2D eigenvalue weighted by molar-refractivity contribution is 0.102. The molecule has 0 aliphatic heterocycles. The van der Waals surface area contributed by atoms with Crippen LogP contribution in [0.25, 0.3) is 21.7 Å². The smallest absolute Gasteiger partial charge is 0.259 e. The summed E-state index contributed by atoms with van der Waals surface area (Å²) in [6.45, 7) is 1.80. The molecule has 4 aromatic heterocycles. The zero-order chi connectivity index (χ0) is 17.7. The van der Waals surface area contributed by atoms with E-state index in [9.17, 15) is 4.79 Å². The SMILES string of the molecule is Cc1noc2nc(-c3cccs3)cc(C(=O)Nc3nnc(C4CC4)s3)c12. The average molecular weight is 383 g/mol. The number of thiophene rings is 1. The maximum atomic E-state index is 12.9. The van der Waals surface area contributed by atoms with Crippen molar-refractivity contribution >= 4 is 44.8 Å². The maximum absolute atomic E-state index is 12.9. The summed E-state index contributed by atoms with van der Waals surface area (Å²) in [6.07, 6.45) is 2.30. The van der Waals surface area contributed by atoms with Crippen LogP contribution in [0.5, 0.6) is 0 Å². The Morgan fingerprint density at radius 1 is 1.35 bits per heavy atom. The van der Waals surface area contributed by atoms with Crippen LogP contribution < -0.4 is 5.32 Å². The Morgan fingerprint density at radius 2 is 2.23 bits per heavy atom. The largest absolute Gasteiger partial charge is 0.335 e. The summed E-state index contributed by atoms with van der Waals surface area (Å²) < 4.78 is 5.31. The molecule has 0 unspecified atom stereocenters. The molecule has 4 heterocycles. The minimum atomic E-state index is -0.264.